The molecule has 1 N–H and O–H groups in total. The van der Waals surface area contributed by atoms with E-state index in [2.05, 4.69) is 5.10 Å². The van der Waals surface area contributed by atoms with Crippen LogP contribution in [0.25, 0.3) is 10.1 Å². The first-order valence-corrected chi connectivity index (χ1v) is 9.62. The number of hydrogen-bond acceptors (Lipinski definition) is 6. The molecule has 4 rings (SSSR count). The predicted molar refractivity (Wildman–Crippen MR) is 108 cm³/mol. The molecule has 0 saturated carbocycles. The second kappa shape index (κ2) is 6.92. The topological polar surface area (TPSA) is 79.2 Å². The number of halogens is 1. The summed E-state index contributed by atoms with van der Waals surface area (Å²) in [4.78, 5) is 24.5. The number of carbonyl (C=O) groups excluding carboxylic acids is 2. The van der Waals surface area contributed by atoms with Crippen LogP contribution in [0, 0.1) is 0 Å². The lowest BCUT2D eigenvalue weighted by molar-refractivity contribution is -0.135. The summed E-state index contributed by atoms with van der Waals surface area (Å²) in [6.07, 6.45) is -0.854. The Bertz CT molecular complexity index is 1150. The van der Waals surface area contributed by atoms with E-state index in [1.807, 2.05) is 24.3 Å². The van der Waals surface area contributed by atoms with E-state index in [0.29, 0.717) is 15.5 Å². The lowest BCUT2D eigenvalue weighted by atomic mass is 10.1. The average Bonchev–Trinajstić information content (AvgIpc) is 3.24. The molecule has 3 aromatic rings. The summed E-state index contributed by atoms with van der Waals surface area (Å²) < 4.78 is 6.96. The molecule has 1 aromatic heterocycles. The summed E-state index contributed by atoms with van der Waals surface area (Å²) in [7, 11) is 0. The minimum atomic E-state index is -0.854. The van der Waals surface area contributed by atoms with E-state index >= 15 is 0 Å². The summed E-state index contributed by atoms with van der Waals surface area (Å²) in [5.74, 6) is -0.503. The second-order valence-electron chi connectivity index (χ2n) is 6.31. The highest BCUT2D eigenvalue weighted by Gasteiger charge is 2.35. The van der Waals surface area contributed by atoms with Crippen LogP contribution >= 0.6 is 22.9 Å². The van der Waals surface area contributed by atoms with Gasteiger partial charge in [-0.3, -0.25) is 9.59 Å². The number of aromatic hydroxyl groups is 1. The van der Waals surface area contributed by atoms with Gasteiger partial charge in [0.15, 0.2) is 5.78 Å². The molecule has 2 aromatic carbocycles. The monoisotopic (exact) mass is 414 g/mol. The van der Waals surface area contributed by atoms with Crippen molar-refractivity contribution in [2.75, 3.05) is 0 Å². The average molecular weight is 415 g/mol. The molecule has 1 atom stereocenters. The fourth-order valence-electron chi connectivity index (χ4n) is 3.01. The fraction of sp³-hybridized carbons (Fsp3) is 0.150. The van der Waals surface area contributed by atoms with E-state index < -0.39 is 6.23 Å². The highest BCUT2D eigenvalue weighted by atomic mass is 35.5. The quantitative estimate of drug-likeness (QED) is 0.630. The maximum atomic E-state index is 12.1. The first kappa shape index (κ1) is 18.5. The minimum absolute atomic E-state index is 0.127. The number of thiophene rings is 1. The van der Waals surface area contributed by atoms with Crippen molar-refractivity contribution in [2.24, 2.45) is 5.10 Å². The maximum Gasteiger partial charge on any atom is 0.252 e. The zero-order valence-corrected chi connectivity index (χ0v) is 16.5. The molecule has 0 fully saturated rings. The summed E-state index contributed by atoms with van der Waals surface area (Å²) in [5, 5.41) is 16.8. The molecule has 0 bridgehead atoms. The fourth-order valence-corrected chi connectivity index (χ4v) is 4.45. The van der Waals surface area contributed by atoms with Crippen LogP contribution in [-0.4, -0.2) is 27.7 Å². The number of phenols is 1. The van der Waals surface area contributed by atoms with Crippen LogP contribution < -0.4 is 0 Å². The molecule has 1 aliphatic heterocycles. The predicted octanol–water partition coefficient (Wildman–Crippen LogP) is 4.70. The van der Waals surface area contributed by atoms with Gasteiger partial charge in [-0.25, -0.2) is 0 Å². The smallest absolute Gasteiger partial charge is 0.252 e. The van der Waals surface area contributed by atoms with Crippen LogP contribution in [-0.2, 0) is 9.53 Å². The van der Waals surface area contributed by atoms with Crippen molar-refractivity contribution in [1.29, 1.82) is 0 Å². The van der Waals surface area contributed by atoms with Crippen molar-refractivity contribution in [3.8, 4) is 5.75 Å². The van der Waals surface area contributed by atoms with Crippen molar-refractivity contribution in [2.45, 2.75) is 20.1 Å². The van der Waals surface area contributed by atoms with Crippen LogP contribution in [0.1, 0.15) is 40.9 Å². The molecule has 0 spiro atoms. The molecule has 8 heteroatoms. The Morgan fingerprint density at radius 2 is 1.96 bits per heavy atom. The van der Waals surface area contributed by atoms with E-state index in [1.54, 1.807) is 6.07 Å². The first-order valence-electron chi connectivity index (χ1n) is 8.43. The van der Waals surface area contributed by atoms with Gasteiger partial charge >= 0.3 is 0 Å². The van der Waals surface area contributed by atoms with Gasteiger partial charge in [-0.15, -0.1) is 16.4 Å². The molecule has 0 saturated heterocycles. The molecular formula is C20H15ClN2O4S. The Balaban J connectivity index is 1.76. The molecule has 1 aliphatic rings. The third-order valence-electron chi connectivity index (χ3n) is 4.38. The van der Waals surface area contributed by atoms with E-state index in [0.717, 1.165) is 10.1 Å². The summed E-state index contributed by atoms with van der Waals surface area (Å²) in [5.41, 5.74) is 0.673. The number of benzene rings is 2. The van der Waals surface area contributed by atoms with Crippen molar-refractivity contribution >= 4 is 50.6 Å². The number of nitrogens with zero attached hydrogens (tertiary/aromatic N) is 2. The number of ketones is 1. The van der Waals surface area contributed by atoms with E-state index in [-0.39, 0.29) is 28.9 Å². The molecule has 142 valence electrons. The van der Waals surface area contributed by atoms with Gasteiger partial charge in [0.2, 0.25) is 12.1 Å². The van der Waals surface area contributed by atoms with Crippen LogP contribution in [0.15, 0.2) is 47.6 Å². The highest BCUT2D eigenvalue weighted by Crippen LogP contribution is 2.40. The molecule has 1 amide bonds. The number of amides is 1. The summed E-state index contributed by atoms with van der Waals surface area (Å²) in [6, 6.07) is 12.2. The van der Waals surface area contributed by atoms with Gasteiger partial charge in [0, 0.05) is 22.6 Å². The number of hydrazone groups is 1. The zero-order valence-electron chi connectivity index (χ0n) is 15.0. The number of ether oxygens (including phenoxy) is 1. The molecule has 28 heavy (non-hydrogen) atoms. The molecule has 6 nitrogen and oxygen atoms in total. The number of phenolic OH excluding ortho intramolecular Hbond substituents is 1. The summed E-state index contributed by atoms with van der Waals surface area (Å²) in [6.45, 7) is 2.73. The van der Waals surface area contributed by atoms with Crippen molar-refractivity contribution in [3.63, 3.8) is 0 Å². The van der Waals surface area contributed by atoms with E-state index in [9.17, 15) is 14.7 Å². The third-order valence-corrected chi connectivity index (χ3v) is 6.04. The Morgan fingerprint density at radius 3 is 2.64 bits per heavy atom. The van der Waals surface area contributed by atoms with Crippen molar-refractivity contribution < 1.29 is 19.4 Å². The lowest BCUT2D eigenvalue weighted by Gasteiger charge is -2.19. The van der Waals surface area contributed by atoms with Crippen molar-refractivity contribution in [3.05, 3.63) is 63.5 Å². The van der Waals surface area contributed by atoms with Gasteiger partial charge in [-0.05, 0) is 31.2 Å². The number of hydrogen-bond donors (Lipinski definition) is 1. The van der Waals surface area contributed by atoms with E-state index in [1.165, 1.54) is 42.3 Å². The Morgan fingerprint density at radius 1 is 1.21 bits per heavy atom. The van der Waals surface area contributed by atoms with Gasteiger partial charge in [0.05, 0.1) is 10.6 Å². The number of fused-ring (bicyclic) bond motifs is 1. The van der Waals surface area contributed by atoms with Crippen molar-refractivity contribution in [1.82, 2.24) is 5.01 Å². The van der Waals surface area contributed by atoms with Gasteiger partial charge < -0.3 is 9.84 Å². The van der Waals surface area contributed by atoms with Gasteiger partial charge in [0.25, 0.3) is 5.90 Å². The highest BCUT2D eigenvalue weighted by molar-refractivity contribution is 7.21. The van der Waals surface area contributed by atoms with Gasteiger partial charge in [-0.1, -0.05) is 29.8 Å². The molecule has 0 radical (unpaired) electrons. The maximum absolute atomic E-state index is 12.1. The van der Waals surface area contributed by atoms with Crippen LogP contribution in [0.3, 0.4) is 0 Å². The molecular weight excluding hydrogens is 400 g/mol. The number of carbonyl (C=O) groups is 2. The SMILES string of the molecule is CC(=O)c1cc(C2OC(c3sc4ccccc4c3Cl)=NN2C(C)=O)ccc1O. The van der Waals surface area contributed by atoms with Crippen LogP contribution in [0.5, 0.6) is 5.75 Å². The van der Waals surface area contributed by atoms with E-state index in [4.69, 9.17) is 16.3 Å². The summed E-state index contributed by atoms with van der Waals surface area (Å²) >= 11 is 7.94. The van der Waals surface area contributed by atoms with Gasteiger partial charge in [-0.2, -0.15) is 5.01 Å². The molecule has 2 heterocycles. The number of rotatable bonds is 3. The van der Waals surface area contributed by atoms with Crippen LogP contribution in [0.4, 0.5) is 0 Å². The molecule has 0 aliphatic carbocycles. The Labute approximate surface area is 169 Å². The lowest BCUT2D eigenvalue weighted by Crippen LogP contribution is -2.25. The minimum Gasteiger partial charge on any atom is -0.507 e. The normalized spacial score (nSPS) is 16.2. The first-order chi connectivity index (χ1) is 13.4. The number of Topliss-reactive ketones (excluding diaryl/α,β-unsaturated/α-hetero) is 1. The largest absolute Gasteiger partial charge is 0.507 e. The Kier molecular flexibility index (Phi) is 4.56. The standard InChI is InChI=1S/C20H15ClN2O4S/c1-10(24)14-9-12(7-8-15(14)26)20-23(11(2)25)22-19(27-20)18-17(21)13-5-3-4-6-16(13)28-18/h3-9,20,26H,1-2H3. The third kappa shape index (κ3) is 3.02. The zero-order chi connectivity index (χ0) is 20.0. The second-order valence-corrected chi connectivity index (χ2v) is 7.74. The molecule has 1 unspecified atom stereocenters. The Hall–Kier alpha value is -2.90. The van der Waals surface area contributed by atoms with Crippen LogP contribution in [0.2, 0.25) is 5.02 Å². The van der Waals surface area contributed by atoms with Gasteiger partial charge in [0.1, 0.15) is 10.6 Å².